The maximum atomic E-state index is 12.3. The number of nitrogens with zero attached hydrogens (tertiary/aromatic N) is 2. The van der Waals surface area contributed by atoms with E-state index in [1.807, 2.05) is 24.3 Å². The lowest BCUT2D eigenvalue weighted by atomic mass is 10.1. The predicted molar refractivity (Wildman–Crippen MR) is 96.8 cm³/mol. The highest BCUT2D eigenvalue weighted by molar-refractivity contribution is 6.04. The van der Waals surface area contributed by atoms with Crippen molar-refractivity contribution >= 4 is 23.2 Å². The van der Waals surface area contributed by atoms with Crippen molar-refractivity contribution in [3.05, 3.63) is 69.8 Å². The number of nitrogen functional groups attached to an aromatic ring is 1. The molecule has 0 fully saturated rings. The number of carbonyl (C=O) groups is 1. The first-order chi connectivity index (χ1) is 12.5. The second-order valence-corrected chi connectivity index (χ2v) is 5.61. The Morgan fingerprint density at radius 2 is 1.96 bits per heavy atom. The zero-order chi connectivity index (χ0) is 18.7. The van der Waals surface area contributed by atoms with E-state index in [0.29, 0.717) is 5.69 Å². The molecule has 0 aliphatic heterocycles. The second-order valence-electron chi connectivity index (χ2n) is 5.61. The van der Waals surface area contributed by atoms with E-state index in [0.717, 1.165) is 18.1 Å². The summed E-state index contributed by atoms with van der Waals surface area (Å²) in [6.07, 6.45) is 0.939. The zero-order valence-corrected chi connectivity index (χ0v) is 13.9. The van der Waals surface area contributed by atoms with Gasteiger partial charge in [-0.3, -0.25) is 20.2 Å². The standard InChI is InChI=1S/C18H16N4O4/c1-2-11-3-5-12(6-4-11)15-10-17(26-21-15)20-18(23)13-7-8-14(19)16(9-13)22(24)25/h3-10H,2,19H2,1H3,(H,20,23). The van der Waals surface area contributed by atoms with Gasteiger partial charge in [-0.05, 0) is 24.1 Å². The molecule has 8 heteroatoms. The molecule has 0 bridgehead atoms. The van der Waals surface area contributed by atoms with Gasteiger partial charge in [-0.15, -0.1) is 0 Å². The highest BCUT2D eigenvalue weighted by Crippen LogP contribution is 2.25. The molecule has 1 aromatic heterocycles. The van der Waals surface area contributed by atoms with Crippen molar-refractivity contribution in [2.75, 3.05) is 11.1 Å². The number of carbonyl (C=O) groups excluding carboxylic acids is 1. The molecule has 0 spiro atoms. The minimum absolute atomic E-state index is 0.0102. The Bertz CT molecular complexity index is 964. The molecule has 1 heterocycles. The molecule has 1 amide bonds. The molecule has 0 aliphatic carbocycles. The van der Waals surface area contributed by atoms with Gasteiger partial charge in [-0.2, -0.15) is 0 Å². The highest BCUT2D eigenvalue weighted by atomic mass is 16.6. The summed E-state index contributed by atoms with van der Waals surface area (Å²) in [7, 11) is 0. The molecular weight excluding hydrogens is 336 g/mol. The number of nitro groups is 1. The summed E-state index contributed by atoms with van der Waals surface area (Å²) < 4.78 is 5.13. The smallest absolute Gasteiger partial charge is 0.292 e. The van der Waals surface area contributed by atoms with Gasteiger partial charge in [0.2, 0.25) is 5.88 Å². The molecule has 0 saturated heterocycles. The largest absolute Gasteiger partial charge is 0.393 e. The van der Waals surface area contributed by atoms with E-state index in [2.05, 4.69) is 17.4 Å². The number of benzene rings is 2. The summed E-state index contributed by atoms with van der Waals surface area (Å²) in [5.41, 5.74) is 7.92. The second kappa shape index (κ2) is 7.06. The molecule has 26 heavy (non-hydrogen) atoms. The molecular formula is C18H16N4O4. The topological polar surface area (TPSA) is 124 Å². The Morgan fingerprint density at radius 3 is 2.62 bits per heavy atom. The fraction of sp³-hybridized carbons (Fsp3) is 0.111. The van der Waals surface area contributed by atoms with E-state index in [4.69, 9.17) is 10.3 Å². The number of nitro benzene ring substituents is 1. The van der Waals surface area contributed by atoms with E-state index in [-0.39, 0.29) is 22.8 Å². The Morgan fingerprint density at radius 1 is 1.23 bits per heavy atom. The first kappa shape index (κ1) is 17.2. The SMILES string of the molecule is CCc1ccc(-c2cc(NC(=O)c3ccc(N)c([N+](=O)[O-])c3)on2)cc1. The number of aryl methyl sites for hydroxylation is 1. The summed E-state index contributed by atoms with van der Waals surface area (Å²) in [4.78, 5) is 22.6. The van der Waals surface area contributed by atoms with Gasteiger partial charge in [0.05, 0.1) is 4.92 Å². The van der Waals surface area contributed by atoms with Crippen molar-refractivity contribution in [1.29, 1.82) is 0 Å². The summed E-state index contributed by atoms with van der Waals surface area (Å²) in [6.45, 7) is 2.07. The maximum absolute atomic E-state index is 12.3. The van der Waals surface area contributed by atoms with Gasteiger partial charge in [0.15, 0.2) is 0 Å². The predicted octanol–water partition coefficient (Wildman–Crippen LogP) is 3.65. The third kappa shape index (κ3) is 3.54. The van der Waals surface area contributed by atoms with Crippen LogP contribution in [-0.4, -0.2) is 16.0 Å². The van der Waals surface area contributed by atoms with Gasteiger partial charge in [0.25, 0.3) is 11.6 Å². The van der Waals surface area contributed by atoms with Crippen molar-refractivity contribution in [3.8, 4) is 11.3 Å². The van der Waals surface area contributed by atoms with Crippen LogP contribution >= 0.6 is 0 Å². The first-order valence-electron chi connectivity index (χ1n) is 7.89. The van der Waals surface area contributed by atoms with E-state index in [9.17, 15) is 14.9 Å². The molecule has 0 aliphatic rings. The zero-order valence-electron chi connectivity index (χ0n) is 13.9. The van der Waals surface area contributed by atoms with Gasteiger partial charge in [-0.1, -0.05) is 36.3 Å². The van der Waals surface area contributed by atoms with Crippen LogP contribution in [0.1, 0.15) is 22.8 Å². The van der Waals surface area contributed by atoms with Crippen LogP contribution < -0.4 is 11.1 Å². The van der Waals surface area contributed by atoms with Crippen molar-refractivity contribution in [3.63, 3.8) is 0 Å². The number of rotatable bonds is 5. The van der Waals surface area contributed by atoms with Crippen LogP contribution in [0.3, 0.4) is 0 Å². The van der Waals surface area contributed by atoms with Crippen LogP contribution in [0, 0.1) is 10.1 Å². The van der Waals surface area contributed by atoms with Crippen LogP contribution in [0.4, 0.5) is 17.3 Å². The summed E-state index contributed by atoms with van der Waals surface area (Å²) in [5.74, 6) is -0.416. The van der Waals surface area contributed by atoms with Gasteiger partial charge >= 0.3 is 0 Å². The number of amides is 1. The Hall–Kier alpha value is -3.68. The molecule has 3 rings (SSSR count). The highest BCUT2D eigenvalue weighted by Gasteiger charge is 2.17. The molecule has 0 saturated carbocycles. The Labute approximate surface area is 148 Å². The maximum Gasteiger partial charge on any atom is 0.292 e. The minimum Gasteiger partial charge on any atom is -0.393 e. The third-order valence-electron chi connectivity index (χ3n) is 3.89. The van der Waals surface area contributed by atoms with Crippen molar-refractivity contribution < 1.29 is 14.2 Å². The number of nitrogens with two attached hydrogens (primary N) is 1. The molecule has 0 radical (unpaired) electrons. The van der Waals surface area contributed by atoms with Crippen molar-refractivity contribution in [2.24, 2.45) is 0 Å². The van der Waals surface area contributed by atoms with Gasteiger partial charge in [0.1, 0.15) is 11.4 Å². The van der Waals surface area contributed by atoms with Gasteiger partial charge in [-0.25, -0.2) is 0 Å². The van der Waals surface area contributed by atoms with Gasteiger partial charge in [0, 0.05) is 23.3 Å². The molecule has 3 N–H and O–H groups in total. The third-order valence-corrected chi connectivity index (χ3v) is 3.89. The Kier molecular flexibility index (Phi) is 4.66. The lowest BCUT2D eigenvalue weighted by Crippen LogP contribution is -2.12. The normalized spacial score (nSPS) is 10.5. The number of hydrogen-bond acceptors (Lipinski definition) is 6. The molecule has 2 aromatic carbocycles. The van der Waals surface area contributed by atoms with E-state index < -0.39 is 10.8 Å². The quantitative estimate of drug-likeness (QED) is 0.410. The molecule has 132 valence electrons. The van der Waals surface area contributed by atoms with Crippen LogP contribution in [0.25, 0.3) is 11.3 Å². The fourth-order valence-corrected chi connectivity index (χ4v) is 2.41. The fourth-order valence-electron chi connectivity index (χ4n) is 2.41. The van der Waals surface area contributed by atoms with Crippen molar-refractivity contribution in [2.45, 2.75) is 13.3 Å². The van der Waals surface area contributed by atoms with Crippen LogP contribution in [0.15, 0.2) is 53.1 Å². The summed E-state index contributed by atoms with van der Waals surface area (Å²) >= 11 is 0. The average Bonchev–Trinajstić information content (AvgIpc) is 3.10. The van der Waals surface area contributed by atoms with Crippen LogP contribution in [0.5, 0.6) is 0 Å². The van der Waals surface area contributed by atoms with E-state index >= 15 is 0 Å². The molecule has 0 atom stereocenters. The number of nitrogens with one attached hydrogen (secondary N) is 1. The van der Waals surface area contributed by atoms with E-state index in [1.165, 1.54) is 17.7 Å². The molecule has 0 unspecified atom stereocenters. The molecule has 3 aromatic rings. The lowest BCUT2D eigenvalue weighted by molar-refractivity contribution is -0.383. The van der Waals surface area contributed by atoms with Crippen LogP contribution in [0.2, 0.25) is 0 Å². The van der Waals surface area contributed by atoms with Gasteiger partial charge < -0.3 is 10.3 Å². The minimum atomic E-state index is -0.640. The first-order valence-corrected chi connectivity index (χ1v) is 7.89. The number of hydrogen-bond donors (Lipinski definition) is 2. The monoisotopic (exact) mass is 352 g/mol. The summed E-state index contributed by atoms with van der Waals surface area (Å²) in [5, 5.41) is 17.4. The summed E-state index contributed by atoms with van der Waals surface area (Å²) in [6, 6.07) is 13.3. The number of aromatic nitrogens is 1. The van der Waals surface area contributed by atoms with Crippen molar-refractivity contribution in [1.82, 2.24) is 5.16 Å². The van der Waals surface area contributed by atoms with E-state index in [1.54, 1.807) is 6.07 Å². The molecule has 8 nitrogen and oxygen atoms in total. The lowest BCUT2D eigenvalue weighted by Gasteiger charge is -2.02. The average molecular weight is 352 g/mol. The Balaban J connectivity index is 1.77. The number of anilines is 2. The van der Waals surface area contributed by atoms with Crippen LogP contribution in [-0.2, 0) is 6.42 Å².